The zero-order valence-electron chi connectivity index (χ0n) is 27.3. The Bertz CT molecular complexity index is 983. The molecule has 2 rings (SSSR count). The van der Waals surface area contributed by atoms with E-state index in [-0.39, 0.29) is 35.6 Å². The first kappa shape index (κ1) is 35.4. The first-order valence-corrected chi connectivity index (χ1v) is 15.1. The molecule has 0 aliphatic carbocycles. The monoisotopic (exact) mass is 576 g/mol. The van der Waals surface area contributed by atoms with Crippen molar-refractivity contribution in [1.29, 1.82) is 0 Å². The molecule has 9 atom stereocenters. The molecule has 1 heterocycles. The first-order valence-electron chi connectivity index (χ1n) is 15.1. The highest BCUT2D eigenvalue weighted by molar-refractivity contribution is 5.86. The van der Waals surface area contributed by atoms with E-state index in [1.165, 1.54) is 5.57 Å². The molecule has 234 valence electrons. The Labute approximate surface area is 248 Å². The van der Waals surface area contributed by atoms with E-state index in [2.05, 4.69) is 26.8 Å². The van der Waals surface area contributed by atoms with E-state index in [0.717, 1.165) is 11.3 Å². The summed E-state index contributed by atoms with van der Waals surface area (Å²) in [4.78, 5) is 13.8. The van der Waals surface area contributed by atoms with E-state index < -0.39 is 29.3 Å². The highest BCUT2D eigenvalue weighted by Gasteiger charge is 2.60. The smallest absolute Gasteiger partial charge is 0.143 e. The van der Waals surface area contributed by atoms with Crippen LogP contribution in [-0.4, -0.2) is 66.8 Å². The summed E-state index contributed by atoms with van der Waals surface area (Å²) in [6, 6.07) is 7.69. The summed E-state index contributed by atoms with van der Waals surface area (Å²) >= 11 is 0. The quantitative estimate of drug-likeness (QED) is 0.126. The molecule has 7 heteroatoms. The van der Waals surface area contributed by atoms with Gasteiger partial charge < -0.3 is 29.2 Å². The Morgan fingerprint density at radius 2 is 1.71 bits per heavy atom. The molecule has 41 heavy (non-hydrogen) atoms. The van der Waals surface area contributed by atoms with Crippen LogP contribution >= 0.6 is 0 Å². The average molecular weight is 577 g/mol. The summed E-state index contributed by atoms with van der Waals surface area (Å²) in [5, 5.41) is 22.2. The normalized spacial score (nSPS) is 24.0. The van der Waals surface area contributed by atoms with Crippen LogP contribution in [0.4, 0.5) is 0 Å². The molecule has 0 aromatic heterocycles. The van der Waals surface area contributed by atoms with Gasteiger partial charge >= 0.3 is 0 Å². The van der Waals surface area contributed by atoms with Crippen molar-refractivity contribution in [3.8, 4) is 5.75 Å². The van der Waals surface area contributed by atoms with Crippen LogP contribution < -0.4 is 4.74 Å². The predicted octanol–water partition coefficient (Wildman–Crippen LogP) is 5.99. The van der Waals surface area contributed by atoms with Crippen LogP contribution in [0, 0.1) is 29.1 Å². The minimum absolute atomic E-state index is 0.0299. The molecule has 1 aromatic rings. The molecular weight excluding hydrogens is 520 g/mol. The summed E-state index contributed by atoms with van der Waals surface area (Å²) < 4.78 is 22.8. The Balaban J connectivity index is 1.92. The summed E-state index contributed by atoms with van der Waals surface area (Å²) in [6.45, 7) is 18.7. The number of Topliss-reactive ketones (excluding diaryl/α,β-unsaturated/α-hetero) is 1. The number of ether oxygens (including phenoxy) is 4. The molecule has 1 aromatic carbocycles. The summed E-state index contributed by atoms with van der Waals surface area (Å²) in [6.07, 6.45) is 1.28. The second-order valence-electron chi connectivity index (χ2n) is 13.2. The van der Waals surface area contributed by atoms with Gasteiger partial charge in [0.05, 0.1) is 43.5 Å². The molecule has 0 spiro atoms. The number of benzene rings is 1. The third kappa shape index (κ3) is 9.11. The number of methoxy groups -OCH3 is 2. The molecule has 1 saturated heterocycles. The van der Waals surface area contributed by atoms with Gasteiger partial charge in [0.2, 0.25) is 0 Å². The van der Waals surface area contributed by atoms with E-state index in [9.17, 15) is 15.0 Å². The van der Waals surface area contributed by atoms with Gasteiger partial charge in [-0.3, -0.25) is 4.79 Å². The third-order valence-corrected chi connectivity index (χ3v) is 8.93. The van der Waals surface area contributed by atoms with Gasteiger partial charge in [-0.15, -0.1) is 0 Å². The highest BCUT2D eigenvalue weighted by atomic mass is 16.6. The number of hydrogen-bond acceptors (Lipinski definition) is 7. The van der Waals surface area contributed by atoms with Gasteiger partial charge in [0.15, 0.2) is 0 Å². The summed E-state index contributed by atoms with van der Waals surface area (Å²) in [5.74, 6) is 0.383. The van der Waals surface area contributed by atoms with Crippen LogP contribution in [0.25, 0.3) is 0 Å². The molecule has 1 aliphatic rings. The van der Waals surface area contributed by atoms with Gasteiger partial charge in [-0.25, -0.2) is 0 Å². The van der Waals surface area contributed by atoms with Gasteiger partial charge in [0.1, 0.15) is 17.1 Å². The van der Waals surface area contributed by atoms with Crippen LogP contribution in [0.2, 0.25) is 0 Å². The van der Waals surface area contributed by atoms with Gasteiger partial charge in [0, 0.05) is 31.5 Å². The van der Waals surface area contributed by atoms with Crippen LogP contribution in [0.3, 0.4) is 0 Å². The fourth-order valence-electron chi connectivity index (χ4n) is 6.60. The Morgan fingerprint density at radius 3 is 2.24 bits per heavy atom. The predicted molar refractivity (Wildman–Crippen MR) is 163 cm³/mol. The zero-order chi connectivity index (χ0) is 31.1. The molecule has 1 aliphatic heterocycles. The number of aliphatic hydroxyl groups excluding tert-OH is 2. The van der Waals surface area contributed by atoms with Gasteiger partial charge in [-0.05, 0) is 57.2 Å². The van der Waals surface area contributed by atoms with Crippen LogP contribution in [0.1, 0.15) is 80.7 Å². The van der Waals surface area contributed by atoms with Crippen LogP contribution in [0.5, 0.6) is 5.75 Å². The lowest BCUT2D eigenvalue weighted by molar-refractivity contribution is -0.145. The maximum Gasteiger partial charge on any atom is 0.143 e. The number of hydrogen-bond donors (Lipinski definition) is 2. The lowest BCUT2D eigenvalue weighted by atomic mass is 9.70. The fourth-order valence-corrected chi connectivity index (χ4v) is 6.60. The van der Waals surface area contributed by atoms with Crippen molar-refractivity contribution in [2.75, 3.05) is 20.8 Å². The number of rotatable bonds is 18. The highest BCUT2D eigenvalue weighted by Crippen LogP contribution is 2.47. The fraction of sp³-hybridized carbons (Fsp3) is 0.735. The maximum atomic E-state index is 13.8. The lowest BCUT2D eigenvalue weighted by Crippen LogP contribution is -2.48. The number of allylic oxidation sites excluding steroid dienone is 1. The first-order chi connectivity index (χ1) is 19.1. The molecule has 2 N–H and O–H groups in total. The number of ketones is 1. The number of epoxide rings is 1. The molecule has 0 amide bonds. The number of carbonyl (C=O) groups is 1. The topological polar surface area (TPSA) is 97.8 Å². The second-order valence-corrected chi connectivity index (χ2v) is 13.2. The summed E-state index contributed by atoms with van der Waals surface area (Å²) in [5.41, 5.74) is 0.825. The Hall–Kier alpha value is -1.77. The van der Waals surface area contributed by atoms with Crippen molar-refractivity contribution in [2.24, 2.45) is 29.1 Å². The van der Waals surface area contributed by atoms with E-state index in [4.69, 9.17) is 18.9 Å². The van der Waals surface area contributed by atoms with Crippen molar-refractivity contribution in [1.82, 2.24) is 0 Å². The van der Waals surface area contributed by atoms with Crippen molar-refractivity contribution in [2.45, 2.75) is 112 Å². The molecule has 0 saturated carbocycles. The van der Waals surface area contributed by atoms with Crippen molar-refractivity contribution in [3.63, 3.8) is 0 Å². The van der Waals surface area contributed by atoms with Crippen LogP contribution in [-0.2, 0) is 25.6 Å². The number of carbonyl (C=O) groups excluding carboxylic acids is 1. The Kier molecular flexibility index (Phi) is 13.1. The van der Waals surface area contributed by atoms with E-state index >= 15 is 0 Å². The second kappa shape index (κ2) is 15.1. The van der Waals surface area contributed by atoms with E-state index in [0.29, 0.717) is 26.1 Å². The Morgan fingerprint density at radius 1 is 1.10 bits per heavy atom. The molecule has 0 unspecified atom stereocenters. The van der Waals surface area contributed by atoms with Crippen molar-refractivity contribution < 1.29 is 34.0 Å². The largest absolute Gasteiger partial charge is 0.497 e. The molecule has 0 bridgehead atoms. The molecule has 1 fully saturated rings. The molecule has 7 nitrogen and oxygen atoms in total. The third-order valence-electron chi connectivity index (χ3n) is 8.93. The molecule has 0 radical (unpaired) electrons. The van der Waals surface area contributed by atoms with E-state index in [1.54, 1.807) is 14.2 Å². The molecular formula is C34H56O7. The van der Waals surface area contributed by atoms with Crippen LogP contribution in [0.15, 0.2) is 35.9 Å². The van der Waals surface area contributed by atoms with Crippen molar-refractivity contribution >= 4 is 5.78 Å². The maximum absolute atomic E-state index is 13.8. The SMILES string of the molecule is COc1ccc(COCC[C@H](O)[C@@H](C)[C@H](OC)C(C)(C)C(=O)[C@H](C)C[C@H](C)[C@H](O)[C@@]2(C)O[C@@H]2[C@@H](C)C=C(C)C)cc1. The van der Waals surface area contributed by atoms with Gasteiger partial charge in [-0.2, -0.15) is 0 Å². The lowest BCUT2D eigenvalue weighted by Gasteiger charge is -2.39. The summed E-state index contributed by atoms with van der Waals surface area (Å²) in [7, 11) is 3.23. The standard InChI is InChI=1S/C34H56O7/c1-21(2)18-24(5)31-34(9,41-31)30(37)23(4)19-22(3)29(36)33(7,8)32(39-11)25(6)28(35)16-17-40-20-26-12-14-27(38-10)15-13-26/h12-15,18,22-25,28,30-32,35,37H,16-17,19-20H2,1-11H3/t22-,23+,24+,25-,28+,30+,31-,32+,34-/m1/s1. The van der Waals surface area contributed by atoms with E-state index in [1.807, 2.05) is 65.8 Å². The average Bonchev–Trinajstić information content (AvgIpc) is 3.62. The zero-order valence-corrected chi connectivity index (χ0v) is 27.3. The number of aliphatic hydroxyl groups is 2. The van der Waals surface area contributed by atoms with Gasteiger partial charge in [-0.1, -0.05) is 65.3 Å². The minimum atomic E-state index is -0.830. The van der Waals surface area contributed by atoms with Gasteiger partial charge in [0.25, 0.3) is 0 Å². The minimum Gasteiger partial charge on any atom is -0.497 e. The van der Waals surface area contributed by atoms with Crippen molar-refractivity contribution in [3.05, 3.63) is 41.5 Å².